The van der Waals surface area contributed by atoms with Crippen LogP contribution in [0.3, 0.4) is 0 Å². The Bertz CT molecular complexity index is 907. The first-order valence-corrected chi connectivity index (χ1v) is 9.35. The highest BCUT2D eigenvalue weighted by Gasteiger charge is 2.29. The third kappa shape index (κ3) is 3.35. The molecule has 0 aliphatic carbocycles. The summed E-state index contributed by atoms with van der Waals surface area (Å²) in [7, 11) is 3.82. The Hall–Kier alpha value is -2.67. The molecular formula is C19H20N4O2S. The number of nitrogens with zero attached hydrogens (tertiary/aromatic N) is 4. The van der Waals surface area contributed by atoms with E-state index in [-0.39, 0.29) is 12.0 Å². The Labute approximate surface area is 156 Å². The van der Waals surface area contributed by atoms with E-state index in [1.807, 2.05) is 54.2 Å². The van der Waals surface area contributed by atoms with E-state index in [2.05, 4.69) is 9.97 Å². The second-order valence-corrected chi connectivity index (χ2v) is 7.62. The lowest BCUT2D eigenvalue weighted by Crippen LogP contribution is -2.30. The smallest absolute Gasteiger partial charge is 0.264 e. The second-order valence-electron chi connectivity index (χ2n) is 6.54. The molecule has 3 aromatic rings. The summed E-state index contributed by atoms with van der Waals surface area (Å²) in [5.74, 6) is 1.32. The van der Waals surface area contributed by atoms with Crippen LogP contribution in [0.25, 0.3) is 10.1 Å². The number of likely N-dealkylation sites (tertiary alicyclic amines) is 1. The highest BCUT2D eigenvalue weighted by Crippen LogP contribution is 2.28. The fraction of sp³-hybridized carbons (Fsp3) is 0.316. The number of hydrogen-bond acceptors (Lipinski definition) is 6. The lowest BCUT2D eigenvalue weighted by Gasteiger charge is -2.17. The average molecular weight is 368 g/mol. The molecule has 1 saturated heterocycles. The monoisotopic (exact) mass is 368 g/mol. The zero-order valence-corrected chi connectivity index (χ0v) is 15.6. The van der Waals surface area contributed by atoms with Gasteiger partial charge in [-0.2, -0.15) is 4.98 Å². The summed E-state index contributed by atoms with van der Waals surface area (Å²) in [4.78, 5) is 25.9. The van der Waals surface area contributed by atoms with E-state index < -0.39 is 0 Å². The number of ether oxygens (including phenoxy) is 1. The van der Waals surface area contributed by atoms with Gasteiger partial charge in [0.15, 0.2) is 5.82 Å². The maximum absolute atomic E-state index is 12.8. The lowest BCUT2D eigenvalue weighted by atomic mass is 10.2. The van der Waals surface area contributed by atoms with E-state index >= 15 is 0 Å². The molecule has 2 aromatic heterocycles. The van der Waals surface area contributed by atoms with Gasteiger partial charge in [0.1, 0.15) is 6.10 Å². The van der Waals surface area contributed by atoms with Gasteiger partial charge in [-0.05, 0) is 17.5 Å². The first kappa shape index (κ1) is 16.8. The van der Waals surface area contributed by atoms with Crippen LogP contribution < -0.4 is 9.64 Å². The second kappa shape index (κ2) is 6.92. The minimum atomic E-state index is -0.0555. The van der Waals surface area contributed by atoms with Gasteiger partial charge in [0, 0.05) is 31.8 Å². The van der Waals surface area contributed by atoms with Crippen molar-refractivity contribution in [3.63, 3.8) is 0 Å². The molecule has 3 heterocycles. The number of rotatable bonds is 4. The van der Waals surface area contributed by atoms with Gasteiger partial charge in [-0.25, -0.2) is 0 Å². The number of amides is 1. The number of aromatic nitrogens is 2. The fourth-order valence-electron chi connectivity index (χ4n) is 3.03. The van der Waals surface area contributed by atoms with Crippen LogP contribution in [0, 0.1) is 0 Å². The minimum Gasteiger partial charge on any atom is -0.471 e. The predicted octanol–water partition coefficient (Wildman–Crippen LogP) is 3.05. The molecule has 4 rings (SSSR count). The van der Waals surface area contributed by atoms with Crippen molar-refractivity contribution in [3.8, 4) is 5.88 Å². The van der Waals surface area contributed by atoms with Crippen molar-refractivity contribution < 1.29 is 9.53 Å². The summed E-state index contributed by atoms with van der Waals surface area (Å²) in [6.45, 7) is 1.26. The summed E-state index contributed by atoms with van der Waals surface area (Å²) in [6.07, 6.45) is 4.05. The fourth-order valence-corrected chi connectivity index (χ4v) is 4.06. The van der Waals surface area contributed by atoms with Gasteiger partial charge >= 0.3 is 0 Å². The molecule has 1 aliphatic rings. The molecule has 1 unspecified atom stereocenters. The SMILES string of the molecule is CN(C)c1cncc(OC2CCN(C(=O)c3cc4ccccc4s3)C2)n1. The molecule has 0 bridgehead atoms. The van der Waals surface area contributed by atoms with Gasteiger partial charge < -0.3 is 14.5 Å². The van der Waals surface area contributed by atoms with Crippen molar-refractivity contribution in [1.82, 2.24) is 14.9 Å². The average Bonchev–Trinajstić information content (AvgIpc) is 3.28. The van der Waals surface area contributed by atoms with Crippen LogP contribution in [0.2, 0.25) is 0 Å². The number of hydrogen-bond donors (Lipinski definition) is 0. The van der Waals surface area contributed by atoms with Crippen molar-refractivity contribution in [1.29, 1.82) is 0 Å². The van der Waals surface area contributed by atoms with Crippen LogP contribution >= 0.6 is 11.3 Å². The van der Waals surface area contributed by atoms with E-state index in [0.29, 0.717) is 19.0 Å². The quantitative estimate of drug-likeness (QED) is 0.708. The number of carbonyl (C=O) groups is 1. The Balaban J connectivity index is 1.43. The molecule has 0 spiro atoms. The van der Waals surface area contributed by atoms with E-state index in [0.717, 1.165) is 27.2 Å². The van der Waals surface area contributed by atoms with E-state index in [4.69, 9.17) is 4.74 Å². The normalized spacial score (nSPS) is 16.8. The van der Waals surface area contributed by atoms with Gasteiger partial charge in [-0.1, -0.05) is 18.2 Å². The van der Waals surface area contributed by atoms with Crippen LogP contribution in [0.4, 0.5) is 5.82 Å². The first-order valence-electron chi connectivity index (χ1n) is 8.54. The standard InChI is InChI=1S/C19H20N4O2S/c1-22(2)17-10-20-11-18(21-17)25-14-7-8-23(12-14)19(24)16-9-13-5-3-4-6-15(13)26-16/h3-6,9-11,14H,7-8,12H2,1-2H3. The third-order valence-electron chi connectivity index (χ3n) is 4.41. The predicted molar refractivity (Wildman–Crippen MR) is 103 cm³/mol. The molecule has 26 heavy (non-hydrogen) atoms. The maximum Gasteiger partial charge on any atom is 0.264 e. The van der Waals surface area contributed by atoms with Crippen molar-refractivity contribution in [2.45, 2.75) is 12.5 Å². The Kier molecular flexibility index (Phi) is 4.46. The molecule has 0 N–H and O–H groups in total. The molecule has 6 nitrogen and oxygen atoms in total. The molecule has 1 fully saturated rings. The summed E-state index contributed by atoms with van der Waals surface area (Å²) in [6, 6.07) is 10.0. The van der Waals surface area contributed by atoms with E-state index in [9.17, 15) is 4.79 Å². The molecule has 0 saturated carbocycles. The minimum absolute atomic E-state index is 0.0555. The number of thiophene rings is 1. The molecule has 1 aromatic carbocycles. The molecule has 134 valence electrons. The van der Waals surface area contributed by atoms with E-state index in [1.165, 1.54) is 0 Å². The van der Waals surface area contributed by atoms with Crippen LogP contribution in [0.1, 0.15) is 16.1 Å². The van der Waals surface area contributed by atoms with E-state index in [1.54, 1.807) is 23.7 Å². The number of fused-ring (bicyclic) bond motifs is 1. The molecule has 1 aliphatic heterocycles. The van der Waals surface area contributed by atoms with Crippen molar-refractivity contribution >= 4 is 33.1 Å². The topological polar surface area (TPSA) is 58.6 Å². The maximum atomic E-state index is 12.8. The zero-order valence-electron chi connectivity index (χ0n) is 14.8. The first-order chi connectivity index (χ1) is 12.6. The zero-order chi connectivity index (χ0) is 18.1. The number of carbonyl (C=O) groups excluding carboxylic acids is 1. The molecule has 1 amide bonds. The largest absolute Gasteiger partial charge is 0.471 e. The Morgan fingerprint density at radius 1 is 1.31 bits per heavy atom. The van der Waals surface area contributed by atoms with Crippen molar-refractivity contribution in [2.75, 3.05) is 32.1 Å². The Morgan fingerprint density at radius 3 is 2.96 bits per heavy atom. The summed E-state index contributed by atoms with van der Waals surface area (Å²) in [5.41, 5.74) is 0. The molecule has 7 heteroatoms. The third-order valence-corrected chi connectivity index (χ3v) is 5.52. The highest BCUT2D eigenvalue weighted by molar-refractivity contribution is 7.20. The molecule has 1 atom stereocenters. The van der Waals surface area contributed by atoms with Crippen molar-refractivity contribution in [3.05, 3.63) is 47.6 Å². The lowest BCUT2D eigenvalue weighted by molar-refractivity contribution is 0.0776. The number of benzene rings is 1. The van der Waals surface area contributed by atoms with Crippen LogP contribution in [0.15, 0.2) is 42.7 Å². The van der Waals surface area contributed by atoms with Gasteiger partial charge in [-0.15, -0.1) is 11.3 Å². The number of anilines is 1. The van der Waals surface area contributed by atoms with Gasteiger partial charge in [0.2, 0.25) is 5.88 Å². The summed E-state index contributed by atoms with van der Waals surface area (Å²) < 4.78 is 7.09. The van der Waals surface area contributed by atoms with Crippen LogP contribution in [0.5, 0.6) is 5.88 Å². The van der Waals surface area contributed by atoms with Gasteiger partial charge in [0.05, 0.1) is 23.8 Å². The van der Waals surface area contributed by atoms with Gasteiger partial charge in [-0.3, -0.25) is 9.78 Å². The van der Waals surface area contributed by atoms with Crippen molar-refractivity contribution in [2.24, 2.45) is 0 Å². The molecular weight excluding hydrogens is 348 g/mol. The Morgan fingerprint density at radius 2 is 2.15 bits per heavy atom. The molecule has 0 radical (unpaired) electrons. The van der Waals surface area contributed by atoms with Crippen LogP contribution in [-0.2, 0) is 0 Å². The highest BCUT2D eigenvalue weighted by atomic mass is 32.1. The summed E-state index contributed by atoms with van der Waals surface area (Å²) >= 11 is 1.54. The summed E-state index contributed by atoms with van der Waals surface area (Å²) in [5, 5.41) is 1.11. The van der Waals surface area contributed by atoms with Crippen LogP contribution in [-0.4, -0.2) is 54.1 Å². The van der Waals surface area contributed by atoms with Gasteiger partial charge in [0.25, 0.3) is 5.91 Å².